The van der Waals surface area contributed by atoms with Crippen molar-refractivity contribution in [3.05, 3.63) is 52.1 Å². The second kappa shape index (κ2) is 10.1. The Balaban J connectivity index is 1.83. The Kier molecular flexibility index (Phi) is 7.32. The second-order valence-corrected chi connectivity index (χ2v) is 7.37. The number of benzene rings is 2. The molecule has 9 heteroatoms. The van der Waals surface area contributed by atoms with Gasteiger partial charge in [-0.1, -0.05) is 30.7 Å². The van der Waals surface area contributed by atoms with Crippen LogP contribution in [0.3, 0.4) is 0 Å². The van der Waals surface area contributed by atoms with Crippen LogP contribution in [0.4, 0.5) is 11.4 Å². The average molecular weight is 425 g/mol. The summed E-state index contributed by atoms with van der Waals surface area (Å²) < 4.78 is 5.27. The van der Waals surface area contributed by atoms with Gasteiger partial charge in [0, 0.05) is 18.0 Å². The van der Waals surface area contributed by atoms with Crippen LogP contribution < -0.4 is 16.8 Å². The molecule has 9 nitrogen and oxygen atoms in total. The predicted octanol–water partition coefficient (Wildman–Crippen LogP) is 3.02. The number of hydrogen-bond donors (Lipinski definition) is 3. The van der Waals surface area contributed by atoms with E-state index in [9.17, 15) is 14.9 Å². The molecule has 0 aliphatic heterocycles. The molecule has 1 aromatic heterocycles. The Morgan fingerprint density at radius 3 is 2.77 bits per heavy atom. The van der Waals surface area contributed by atoms with Crippen LogP contribution in [0, 0.1) is 17.0 Å². The zero-order valence-corrected chi connectivity index (χ0v) is 17.5. The Hall–Kier alpha value is -3.30. The number of esters is 1. The van der Waals surface area contributed by atoms with Gasteiger partial charge in [-0.3, -0.25) is 14.9 Å². The molecule has 1 atom stereocenters. The maximum Gasteiger partial charge on any atom is 0.322 e. The van der Waals surface area contributed by atoms with E-state index < -0.39 is 16.9 Å². The molecule has 3 aromatic rings. The number of hydrogen-bond acceptors (Lipinski definition) is 8. The molecule has 0 aliphatic carbocycles. The Labute approximate surface area is 179 Å². The summed E-state index contributed by atoms with van der Waals surface area (Å²) in [7, 11) is 0. The fraction of sp³-hybridized carbons (Fsp3) is 0.364. The van der Waals surface area contributed by atoms with Gasteiger partial charge in [-0.15, -0.1) is 0 Å². The maximum absolute atomic E-state index is 12.1. The summed E-state index contributed by atoms with van der Waals surface area (Å²) in [6, 6.07) is 9.93. The lowest BCUT2D eigenvalue weighted by Crippen LogP contribution is -2.33. The lowest BCUT2D eigenvalue weighted by atomic mass is 10.0. The normalized spacial score (nSPS) is 12.1. The minimum absolute atomic E-state index is 0.0275. The minimum atomic E-state index is -0.683. The Morgan fingerprint density at radius 2 is 2.03 bits per heavy atom. The van der Waals surface area contributed by atoms with Crippen LogP contribution in [0.1, 0.15) is 24.8 Å². The van der Waals surface area contributed by atoms with Crippen LogP contribution in [0.15, 0.2) is 36.4 Å². The summed E-state index contributed by atoms with van der Waals surface area (Å²) in [6.07, 6.45) is 2.10. The first-order valence-electron chi connectivity index (χ1n) is 10.3. The highest BCUT2D eigenvalue weighted by Gasteiger charge is 2.21. The van der Waals surface area contributed by atoms with Gasteiger partial charge in [0.25, 0.3) is 5.69 Å². The van der Waals surface area contributed by atoms with Crippen molar-refractivity contribution >= 4 is 39.1 Å². The van der Waals surface area contributed by atoms with E-state index in [0.29, 0.717) is 29.6 Å². The second-order valence-electron chi connectivity index (χ2n) is 7.37. The van der Waals surface area contributed by atoms with Gasteiger partial charge in [0.1, 0.15) is 18.0 Å². The molecule has 0 radical (unpaired) electrons. The van der Waals surface area contributed by atoms with Crippen LogP contribution >= 0.6 is 0 Å². The zero-order chi connectivity index (χ0) is 22.4. The number of para-hydroxylation sites is 1. The summed E-state index contributed by atoms with van der Waals surface area (Å²) in [5.74, 6) is -0.468. The molecule has 0 aliphatic rings. The first-order chi connectivity index (χ1) is 14.9. The molecule has 0 amide bonds. The number of carbonyl (C=O) groups excluding carboxylic acids is 1. The molecular weight excluding hydrogens is 398 g/mol. The quantitative estimate of drug-likeness (QED) is 0.148. The smallest absolute Gasteiger partial charge is 0.322 e. The highest BCUT2D eigenvalue weighted by atomic mass is 16.6. The highest BCUT2D eigenvalue weighted by Crippen LogP contribution is 2.37. The van der Waals surface area contributed by atoms with E-state index in [0.717, 1.165) is 29.3 Å². The van der Waals surface area contributed by atoms with Gasteiger partial charge in [0.05, 0.1) is 21.6 Å². The van der Waals surface area contributed by atoms with Gasteiger partial charge in [-0.05, 0) is 37.9 Å². The number of pyridine rings is 1. The highest BCUT2D eigenvalue weighted by molar-refractivity contribution is 6.11. The molecule has 0 spiro atoms. The molecule has 0 bridgehead atoms. The third kappa shape index (κ3) is 5.07. The van der Waals surface area contributed by atoms with Crippen molar-refractivity contribution in [1.29, 1.82) is 0 Å². The number of unbranched alkanes of at least 4 members (excludes halogenated alkanes) is 1. The van der Waals surface area contributed by atoms with Crippen LogP contribution in [0.25, 0.3) is 21.8 Å². The van der Waals surface area contributed by atoms with Gasteiger partial charge in [-0.2, -0.15) is 0 Å². The SMILES string of the molecule is Cc1ccc([N+](=O)[O-])c2c(NCCOC(=O)[C@@H](N)CCCCN)c3ccccc3nc12. The molecule has 2 aromatic carbocycles. The molecule has 0 fully saturated rings. The van der Waals surface area contributed by atoms with Crippen molar-refractivity contribution in [2.45, 2.75) is 32.2 Å². The third-order valence-electron chi connectivity index (χ3n) is 5.13. The number of aromatic nitrogens is 1. The number of nitrogens with one attached hydrogen (secondary N) is 1. The van der Waals surface area contributed by atoms with E-state index in [1.807, 2.05) is 31.2 Å². The van der Waals surface area contributed by atoms with Crippen molar-refractivity contribution in [3.63, 3.8) is 0 Å². The summed E-state index contributed by atoms with van der Waals surface area (Å²) in [5.41, 5.74) is 14.0. The number of ether oxygens (including phenoxy) is 1. The van der Waals surface area contributed by atoms with Crippen LogP contribution in [0.5, 0.6) is 0 Å². The standard InChI is InChI=1S/C22H27N5O4/c1-14-9-10-18(27(29)30)19-20(14)26-17-8-3-2-6-15(17)21(19)25-12-13-31-22(28)16(24)7-4-5-11-23/h2-3,6,8-10,16H,4-5,7,11-13,23-24H2,1H3,(H,25,26)/t16-/m0/s1. The predicted molar refractivity (Wildman–Crippen MR) is 121 cm³/mol. The van der Waals surface area contributed by atoms with Gasteiger partial charge >= 0.3 is 5.97 Å². The number of non-ortho nitro benzene ring substituents is 1. The van der Waals surface area contributed by atoms with E-state index >= 15 is 0 Å². The molecule has 1 heterocycles. The van der Waals surface area contributed by atoms with Crippen molar-refractivity contribution in [2.75, 3.05) is 25.0 Å². The van der Waals surface area contributed by atoms with Crippen LogP contribution in [0.2, 0.25) is 0 Å². The van der Waals surface area contributed by atoms with E-state index in [2.05, 4.69) is 10.3 Å². The first kappa shape index (κ1) is 22.4. The molecule has 0 saturated heterocycles. The van der Waals surface area contributed by atoms with Gasteiger partial charge in [0.15, 0.2) is 0 Å². The van der Waals surface area contributed by atoms with Gasteiger partial charge < -0.3 is 21.5 Å². The summed E-state index contributed by atoms with van der Waals surface area (Å²) >= 11 is 0. The number of fused-ring (bicyclic) bond motifs is 2. The lowest BCUT2D eigenvalue weighted by Gasteiger charge is -2.15. The average Bonchev–Trinajstić information content (AvgIpc) is 2.76. The topological polar surface area (TPSA) is 146 Å². The van der Waals surface area contributed by atoms with Crippen LogP contribution in [-0.4, -0.2) is 41.6 Å². The molecule has 164 valence electrons. The Morgan fingerprint density at radius 1 is 1.26 bits per heavy atom. The maximum atomic E-state index is 12.1. The van der Waals surface area contributed by atoms with E-state index in [1.165, 1.54) is 6.07 Å². The van der Waals surface area contributed by atoms with Crippen molar-refractivity contribution < 1.29 is 14.5 Å². The number of aryl methyl sites for hydroxylation is 1. The summed E-state index contributed by atoms with van der Waals surface area (Å²) in [4.78, 5) is 28.0. The minimum Gasteiger partial charge on any atom is -0.463 e. The molecule has 3 rings (SSSR count). The molecular formula is C22H27N5O4. The van der Waals surface area contributed by atoms with E-state index in [1.54, 1.807) is 6.07 Å². The van der Waals surface area contributed by atoms with Gasteiger partial charge in [0.2, 0.25) is 0 Å². The fourth-order valence-electron chi connectivity index (χ4n) is 3.51. The van der Waals surface area contributed by atoms with Crippen LogP contribution in [-0.2, 0) is 9.53 Å². The number of nitro benzene ring substituents is 1. The number of nitro groups is 1. The summed E-state index contributed by atoms with van der Waals surface area (Å²) in [6.45, 7) is 2.78. The van der Waals surface area contributed by atoms with Crippen molar-refractivity contribution in [1.82, 2.24) is 4.98 Å². The number of rotatable bonds is 10. The summed E-state index contributed by atoms with van der Waals surface area (Å²) in [5, 5.41) is 16.1. The van der Waals surface area contributed by atoms with Crippen molar-refractivity contribution in [2.24, 2.45) is 11.5 Å². The van der Waals surface area contributed by atoms with Gasteiger partial charge in [-0.25, -0.2) is 4.98 Å². The third-order valence-corrected chi connectivity index (χ3v) is 5.13. The largest absolute Gasteiger partial charge is 0.463 e. The monoisotopic (exact) mass is 425 g/mol. The lowest BCUT2D eigenvalue weighted by molar-refractivity contribution is -0.383. The number of anilines is 1. The number of nitrogens with zero attached hydrogens (tertiary/aromatic N) is 2. The molecule has 31 heavy (non-hydrogen) atoms. The zero-order valence-electron chi connectivity index (χ0n) is 17.5. The molecule has 0 unspecified atom stereocenters. The molecule has 5 N–H and O–H groups in total. The van der Waals surface area contributed by atoms with E-state index in [4.69, 9.17) is 16.2 Å². The first-order valence-corrected chi connectivity index (χ1v) is 10.3. The number of carbonyl (C=O) groups is 1. The van der Waals surface area contributed by atoms with E-state index in [-0.39, 0.29) is 18.8 Å². The van der Waals surface area contributed by atoms with Crippen molar-refractivity contribution in [3.8, 4) is 0 Å². The molecule has 0 saturated carbocycles. The fourth-order valence-corrected chi connectivity index (χ4v) is 3.51. The Bertz CT molecular complexity index is 1100. The number of nitrogens with two attached hydrogens (primary N) is 2.